The normalized spacial score (nSPS) is 34.7. The molecule has 0 saturated carbocycles. The first kappa shape index (κ1) is 95.3. The Morgan fingerprint density at radius 3 is 2.02 bits per heavy atom. The van der Waals surface area contributed by atoms with Crippen LogP contribution in [0.4, 0.5) is 0 Å². The number of Topliss-reactive ketones (excluding diaryl/α,β-unsaturated/α-hetero) is 2. The van der Waals surface area contributed by atoms with Gasteiger partial charge in [-0.1, -0.05) is 120 Å². The number of β-amino-alcohol motifs (C(OH)–C–C–N with tert-alkyl or cyclic N) is 1. The van der Waals surface area contributed by atoms with E-state index in [1.54, 1.807) is 35.7 Å². The highest BCUT2D eigenvalue weighted by Crippen LogP contribution is 2.39. The molecule has 26 atom stereocenters. The Bertz CT molecular complexity index is 3580. The number of aliphatic hydroxyl groups excluding tert-OH is 8. The van der Waals surface area contributed by atoms with Crippen LogP contribution in [0.2, 0.25) is 0 Å². The molecule has 4 saturated heterocycles. The number of aliphatic carboxylic acids is 1. The fraction of sp³-hybridized carbons (Fsp3) is 0.650. The van der Waals surface area contributed by atoms with Gasteiger partial charge in [0.15, 0.2) is 17.7 Å². The number of aliphatic hydroxyl groups is 8. The molecule has 35 heteroatoms. The number of ether oxygens (including phenoxy) is 5. The van der Waals surface area contributed by atoms with Crippen LogP contribution < -0.4 is 47.9 Å². The maximum Gasteiger partial charge on any atom is 0.336 e. The number of ketones is 2. The predicted molar refractivity (Wildman–Crippen MR) is 413 cm³/mol. The summed E-state index contributed by atoms with van der Waals surface area (Å²) in [6, 6.07) is -11.9. The lowest BCUT2D eigenvalue weighted by molar-refractivity contribution is -0.175. The molecule has 0 spiro atoms. The first-order valence-corrected chi connectivity index (χ1v) is 39.4. The quantitative estimate of drug-likeness (QED) is 0.0252. The van der Waals surface area contributed by atoms with E-state index in [-0.39, 0.29) is 80.1 Å². The second-order valence-corrected chi connectivity index (χ2v) is 30.6. The molecular formula is C80H119N9O26. The number of amides is 8. The Labute approximate surface area is 669 Å². The minimum Gasteiger partial charge on any atom is -0.479 e. The van der Waals surface area contributed by atoms with Gasteiger partial charge in [-0.15, -0.1) is 0 Å². The number of fused-ring (bicyclic) bond motifs is 13. The summed E-state index contributed by atoms with van der Waals surface area (Å²) in [5.41, 5.74) is 0.825. The van der Waals surface area contributed by atoms with Crippen LogP contribution in [0.15, 0.2) is 96.7 Å². The van der Waals surface area contributed by atoms with Crippen LogP contribution in [-0.4, -0.2) is 283 Å². The van der Waals surface area contributed by atoms with Crippen molar-refractivity contribution in [3.63, 3.8) is 0 Å². The van der Waals surface area contributed by atoms with Gasteiger partial charge in [-0.3, -0.25) is 47.9 Å². The minimum absolute atomic E-state index is 0.000650. The van der Waals surface area contributed by atoms with Gasteiger partial charge in [-0.2, -0.15) is 0 Å². The predicted octanol–water partition coefficient (Wildman–Crippen LogP) is -2.16. The van der Waals surface area contributed by atoms with Crippen molar-refractivity contribution in [1.82, 2.24) is 47.9 Å². The van der Waals surface area contributed by atoms with E-state index < -0.39 is 206 Å². The molecule has 0 aromatic heterocycles. The van der Waals surface area contributed by atoms with E-state index in [4.69, 9.17) is 23.7 Å². The molecule has 0 aromatic rings. The largest absolute Gasteiger partial charge is 0.479 e. The standard InChI is InChI=1S/C80H119N9O26/c1-41(2)50-35-55(95)52(40-90)86-75(104)51(85-79(108)68(80(109)110)89-76(105)56(96)39-84-77(106)66(47(8)91)87-78(107)67(88-74(50)103)71(101)69(99)48(9)92)38-83-73(102)46(7)81-32-33-82-64(97)28-20-19-22-42(3)34-43(4)72-60-31-30-49(111-72)23-15-11-10-12-16-24-53(93)70(100)63-36-54(94)44(5)57(113-63)26-21-27-58-45(6)61-37-62(112-58)59(114-61)25-17-13-14-18-29-65(98)115-60/h11,13-18,21,24-25,27,29-31,34,41-42,44-47,49-54,56-63,66-72,81,90-91,93-94,96,99-101H,10,12,19-20,22-23,26,28,32-33,35-40H2,1-9H3,(H,82,97)(H,83,102)(H,84,106)(H,85,108)(H,86,104)(H,87,107)(H,88,103)(H,89,105)(H,109,110)/b14-13-,15-11+,24-16+,25-17+,27-21+,29-18-,43-34+/t42-,44-,45?,46?,47?,49?,50?,51?,52?,53+,54+,56?,57-,58+,59-,60?,61?,62?,63-,66?,67?,68?,69?,70+,71?,72?/m1/s1. The maximum absolute atomic E-state index is 14.0. The van der Waals surface area contributed by atoms with E-state index in [9.17, 15) is 103 Å². The van der Waals surface area contributed by atoms with Crippen molar-refractivity contribution in [2.45, 2.75) is 267 Å². The molecule has 0 aliphatic carbocycles. The highest BCUT2D eigenvalue weighted by molar-refractivity contribution is 6.06. The lowest BCUT2D eigenvalue weighted by Gasteiger charge is -2.40. The number of carbonyl (C=O) groups is 12. The lowest BCUT2D eigenvalue weighted by Crippen LogP contribution is -2.63. The van der Waals surface area contributed by atoms with Crippen molar-refractivity contribution in [2.75, 3.05) is 32.8 Å². The van der Waals surface area contributed by atoms with Crippen LogP contribution >= 0.6 is 0 Å². The van der Waals surface area contributed by atoms with Crippen molar-refractivity contribution < 1.29 is 127 Å². The van der Waals surface area contributed by atoms with E-state index in [1.807, 2.05) is 80.0 Å². The Morgan fingerprint density at radius 2 is 1.32 bits per heavy atom. The number of esters is 1. The van der Waals surface area contributed by atoms with E-state index in [2.05, 4.69) is 44.9 Å². The first-order chi connectivity index (χ1) is 54.5. The highest BCUT2D eigenvalue weighted by atomic mass is 16.6. The van der Waals surface area contributed by atoms with Gasteiger partial charge < -0.3 is 117 Å². The van der Waals surface area contributed by atoms with Crippen molar-refractivity contribution in [2.24, 2.45) is 29.6 Å². The van der Waals surface area contributed by atoms with Gasteiger partial charge in [0.05, 0.1) is 68.0 Å². The summed E-state index contributed by atoms with van der Waals surface area (Å²) < 4.78 is 31.8. The summed E-state index contributed by atoms with van der Waals surface area (Å²) in [6.45, 7) is 11.1. The minimum atomic E-state index is -2.60. The third kappa shape index (κ3) is 29.5. The monoisotopic (exact) mass is 1620 g/mol. The molecule has 640 valence electrons. The molecule has 115 heavy (non-hydrogen) atoms. The average Bonchev–Trinajstić information content (AvgIpc) is 1.65. The van der Waals surface area contributed by atoms with Crippen LogP contribution in [0.3, 0.4) is 0 Å². The van der Waals surface area contributed by atoms with E-state index in [0.29, 0.717) is 44.9 Å². The summed E-state index contributed by atoms with van der Waals surface area (Å²) in [7, 11) is 0. The number of carbonyl (C=O) groups excluding carboxylic acids is 11. The molecule has 7 bridgehead atoms. The summed E-state index contributed by atoms with van der Waals surface area (Å²) in [6.07, 6.45) is 15.8. The molecule has 35 nitrogen and oxygen atoms in total. The molecule has 7 rings (SSSR count). The van der Waals surface area contributed by atoms with Gasteiger partial charge in [-0.25, -0.2) is 9.59 Å². The molecule has 7 aliphatic heterocycles. The van der Waals surface area contributed by atoms with Crippen molar-refractivity contribution in [3.05, 3.63) is 96.7 Å². The Kier molecular flexibility index (Phi) is 38.9. The van der Waals surface area contributed by atoms with Crippen LogP contribution in [0.1, 0.15) is 133 Å². The third-order valence-corrected chi connectivity index (χ3v) is 21.1. The molecule has 8 amide bonds. The van der Waals surface area contributed by atoms with Crippen molar-refractivity contribution in [1.29, 1.82) is 0 Å². The smallest absolute Gasteiger partial charge is 0.336 e. The molecular weight excluding hydrogens is 1500 g/mol. The van der Waals surface area contributed by atoms with E-state index >= 15 is 0 Å². The fourth-order valence-electron chi connectivity index (χ4n) is 13.9. The van der Waals surface area contributed by atoms with E-state index in [1.165, 1.54) is 26.8 Å². The second kappa shape index (κ2) is 47.0. The van der Waals surface area contributed by atoms with Gasteiger partial charge in [0, 0.05) is 69.1 Å². The summed E-state index contributed by atoms with van der Waals surface area (Å²) in [4.78, 5) is 160. The van der Waals surface area contributed by atoms with Gasteiger partial charge in [0.2, 0.25) is 41.5 Å². The first-order valence-electron chi connectivity index (χ1n) is 39.4. The topological polar surface area (TPSA) is 541 Å². The average molecular weight is 1620 g/mol. The molecule has 18 N–H and O–H groups in total. The SMILES string of the molecule is CC(=O)C(O)C(O)C1NC(=O)C(C(C)C)CC(=O)C(CO)NC(=O)C(CNC(=O)C(C)NCCNC(=O)CCCC[C@@H](C)/C=C(\C)C2OC3C=CC2OC(=O)\C=C/C=C\C=C\[C@H]2OC4CC2O[C@@H](/C=C/C[C@H]2O[C@H](C[C@H](O)[C@H]2C)[C@@H](O)[C@@H](O)/C=C/CC/C=C/C3)C4C)NC(=O)C(C(=O)O)NC(=O)C(O)CNC(=O)C(C(C)O)NC1=O. The van der Waals surface area contributed by atoms with Crippen LogP contribution in [0, 0.1) is 29.6 Å². The summed E-state index contributed by atoms with van der Waals surface area (Å²) in [5.74, 6) is -16.8. The third-order valence-electron chi connectivity index (χ3n) is 21.1. The number of hydrogen-bond donors (Lipinski definition) is 18. The molecule has 0 aromatic carbocycles. The van der Waals surface area contributed by atoms with Gasteiger partial charge in [0.25, 0.3) is 11.8 Å². The number of allylic oxidation sites excluding steroid dienone is 7. The number of hydrogen-bond acceptors (Lipinski definition) is 26. The van der Waals surface area contributed by atoms with Crippen LogP contribution in [0.5, 0.6) is 0 Å². The molecule has 0 radical (unpaired) electrons. The Morgan fingerprint density at radius 1 is 0.626 bits per heavy atom. The molecule has 7 heterocycles. The van der Waals surface area contributed by atoms with E-state index in [0.717, 1.165) is 25.8 Å². The highest BCUT2D eigenvalue weighted by Gasteiger charge is 2.47. The summed E-state index contributed by atoms with van der Waals surface area (Å²) in [5, 5.41) is 117. The number of unbranched alkanes of at least 4 members (excludes halogenated alkanes) is 1. The zero-order valence-electron chi connectivity index (χ0n) is 66.5. The zero-order chi connectivity index (χ0) is 84.9. The molecule has 17 unspecified atom stereocenters. The summed E-state index contributed by atoms with van der Waals surface area (Å²) >= 11 is 0. The lowest BCUT2D eigenvalue weighted by atomic mass is 9.85. The van der Waals surface area contributed by atoms with Crippen LogP contribution in [0.25, 0.3) is 0 Å². The van der Waals surface area contributed by atoms with Crippen LogP contribution in [-0.2, 0) is 81.2 Å². The number of nitrogens with one attached hydrogen (secondary N) is 9. The van der Waals surface area contributed by atoms with Gasteiger partial charge >= 0.3 is 11.9 Å². The number of carboxylic acid groups (broad SMARTS) is 1. The Balaban J connectivity index is 1.03. The van der Waals surface area contributed by atoms with Gasteiger partial charge in [-0.05, 0) is 89.7 Å². The number of rotatable bonds is 21. The zero-order valence-corrected chi connectivity index (χ0v) is 66.5. The Hall–Kier alpha value is -8.56. The number of carboxylic acids is 1. The van der Waals surface area contributed by atoms with Gasteiger partial charge in [0.1, 0.15) is 66.9 Å². The maximum atomic E-state index is 14.0. The second-order valence-electron chi connectivity index (χ2n) is 30.6. The molecule has 7 aliphatic rings. The van der Waals surface area contributed by atoms with Crippen molar-refractivity contribution in [3.8, 4) is 0 Å². The molecule has 4 fully saturated rings. The van der Waals surface area contributed by atoms with Crippen molar-refractivity contribution >= 4 is 70.8 Å². The fourth-order valence-corrected chi connectivity index (χ4v) is 13.9.